The molecule has 0 aliphatic heterocycles. The molecule has 126 valence electrons. The van der Waals surface area contributed by atoms with Gasteiger partial charge in [-0.3, -0.25) is 4.79 Å². The highest BCUT2D eigenvalue weighted by molar-refractivity contribution is 5.93. The second kappa shape index (κ2) is 6.74. The summed E-state index contributed by atoms with van der Waals surface area (Å²) in [6, 6.07) is 7.10. The van der Waals surface area contributed by atoms with Gasteiger partial charge in [0, 0.05) is 23.0 Å². The highest BCUT2D eigenvalue weighted by Gasteiger charge is 2.23. The van der Waals surface area contributed by atoms with Crippen LogP contribution in [0, 0.1) is 13.8 Å². The van der Waals surface area contributed by atoms with Gasteiger partial charge in [-0.15, -0.1) is 0 Å². The van der Waals surface area contributed by atoms with Crippen molar-refractivity contribution in [3.8, 4) is 0 Å². The fourth-order valence-electron chi connectivity index (χ4n) is 2.34. The number of hydrogen-bond acceptors (Lipinski definition) is 4. The molecule has 1 aromatic heterocycles. The molecule has 3 N–H and O–H groups in total. The largest absolute Gasteiger partial charge is 0.361 e. The number of hydrogen-bond donors (Lipinski definition) is 3. The van der Waals surface area contributed by atoms with Gasteiger partial charge in [0.25, 0.3) is 0 Å². The molecule has 0 unspecified atom stereocenters. The van der Waals surface area contributed by atoms with E-state index in [2.05, 4.69) is 21.1 Å². The van der Waals surface area contributed by atoms with Crippen LogP contribution >= 0.6 is 0 Å². The molecule has 1 aliphatic rings. The van der Waals surface area contributed by atoms with E-state index in [0.29, 0.717) is 23.2 Å². The Morgan fingerprint density at radius 1 is 1.12 bits per heavy atom. The Balaban J connectivity index is 1.53. The molecule has 2 aromatic rings. The zero-order chi connectivity index (χ0) is 17.1. The van der Waals surface area contributed by atoms with E-state index in [1.807, 2.05) is 6.92 Å². The monoisotopic (exact) mass is 328 g/mol. The first-order chi connectivity index (χ1) is 11.5. The molecular weight excluding hydrogens is 308 g/mol. The smallest absolute Gasteiger partial charge is 0.319 e. The quantitative estimate of drug-likeness (QED) is 0.786. The fourth-order valence-corrected chi connectivity index (χ4v) is 2.34. The first-order valence-electron chi connectivity index (χ1n) is 7.90. The Morgan fingerprint density at radius 3 is 2.29 bits per heavy atom. The van der Waals surface area contributed by atoms with Crippen molar-refractivity contribution in [3.63, 3.8) is 0 Å². The first-order valence-corrected chi connectivity index (χ1v) is 7.90. The van der Waals surface area contributed by atoms with Crippen LogP contribution in [0.4, 0.5) is 16.2 Å². The van der Waals surface area contributed by atoms with Gasteiger partial charge in [0.15, 0.2) is 0 Å². The van der Waals surface area contributed by atoms with E-state index in [0.717, 1.165) is 24.1 Å². The summed E-state index contributed by atoms with van der Waals surface area (Å²) in [5.74, 6) is 0.514. The standard InChI is InChI=1S/C17H20N4O3/c1-10-15(11(2)24-21-10)9-16(22)18-12-3-5-13(6-4-12)19-17(23)20-14-7-8-14/h3-6,14H,7-9H2,1-2H3,(H,18,22)(H2,19,20,23). The first kappa shape index (κ1) is 16.0. The molecule has 1 fully saturated rings. The zero-order valence-electron chi connectivity index (χ0n) is 13.7. The number of carbonyl (C=O) groups excluding carboxylic acids is 2. The predicted octanol–water partition coefficient (Wildman–Crippen LogP) is 2.76. The number of amides is 3. The van der Waals surface area contributed by atoms with E-state index in [-0.39, 0.29) is 18.4 Å². The van der Waals surface area contributed by atoms with Gasteiger partial charge in [-0.2, -0.15) is 0 Å². The van der Waals surface area contributed by atoms with Crippen molar-refractivity contribution < 1.29 is 14.1 Å². The van der Waals surface area contributed by atoms with E-state index in [1.54, 1.807) is 31.2 Å². The SMILES string of the molecule is Cc1noc(C)c1CC(=O)Nc1ccc(NC(=O)NC2CC2)cc1. The lowest BCUT2D eigenvalue weighted by molar-refractivity contribution is -0.115. The summed E-state index contributed by atoms with van der Waals surface area (Å²) in [6.07, 6.45) is 2.30. The van der Waals surface area contributed by atoms with Crippen molar-refractivity contribution >= 4 is 23.3 Å². The Labute approximate surface area is 139 Å². The number of aryl methyl sites for hydroxylation is 2. The maximum Gasteiger partial charge on any atom is 0.319 e. The molecule has 0 atom stereocenters. The second-order valence-electron chi connectivity index (χ2n) is 5.98. The maximum absolute atomic E-state index is 12.1. The van der Waals surface area contributed by atoms with Gasteiger partial charge in [-0.1, -0.05) is 5.16 Å². The summed E-state index contributed by atoms with van der Waals surface area (Å²) < 4.78 is 5.05. The van der Waals surface area contributed by atoms with Gasteiger partial charge in [-0.05, 0) is 51.0 Å². The Morgan fingerprint density at radius 2 is 1.75 bits per heavy atom. The number of anilines is 2. The van der Waals surface area contributed by atoms with Gasteiger partial charge >= 0.3 is 6.03 Å². The maximum atomic E-state index is 12.1. The van der Waals surface area contributed by atoms with Crippen LogP contribution in [0.1, 0.15) is 29.9 Å². The minimum absolute atomic E-state index is 0.142. The van der Waals surface area contributed by atoms with E-state index < -0.39 is 0 Å². The molecule has 1 aliphatic carbocycles. The summed E-state index contributed by atoms with van der Waals surface area (Å²) in [5, 5.41) is 12.3. The lowest BCUT2D eigenvalue weighted by Gasteiger charge is -2.08. The Bertz CT molecular complexity index is 728. The summed E-state index contributed by atoms with van der Waals surface area (Å²) in [5.41, 5.74) is 2.88. The van der Waals surface area contributed by atoms with Gasteiger partial charge in [-0.25, -0.2) is 4.79 Å². The summed E-state index contributed by atoms with van der Waals surface area (Å²) in [7, 11) is 0. The topological polar surface area (TPSA) is 96.3 Å². The highest BCUT2D eigenvalue weighted by atomic mass is 16.5. The number of benzene rings is 1. The van der Waals surface area contributed by atoms with Gasteiger partial charge < -0.3 is 20.5 Å². The molecular formula is C17H20N4O3. The van der Waals surface area contributed by atoms with Crippen molar-refractivity contribution in [1.82, 2.24) is 10.5 Å². The van der Waals surface area contributed by atoms with Crippen LogP contribution in [-0.4, -0.2) is 23.1 Å². The zero-order valence-corrected chi connectivity index (χ0v) is 13.7. The third-order valence-corrected chi connectivity index (χ3v) is 3.86. The Hall–Kier alpha value is -2.83. The summed E-state index contributed by atoms with van der Waals surface area (Å²) >= 11 is 0. The lowest BCUT2D eigenvalue weighted by Crippen LogP contribution is -2.30. The number of carbonyl (C=O) groups is 2. The molecule has 24 heavy (non-hydrogen) atoms. The molecule has 0 spiro atoms. The fraction of sp³-hybridized carbons (Fsp3) is 0.353. The molecule has 3 amide bonds. The average Bonchev–Trinajstić information content (AvgIpc) is 3.30. The minimum Gasteiger partial charge on any atom is -0.361 e. The highest BCUT2D eigenvalue weighted by Crippen LogP contribution is 2.19. The van der Waals surface area contributed by atoms with Gasteiger partial charge in [0.2, 0.25) is 5.91 Å². The third-order valence-electron chi connectivity index (χ3n) is 3.86. The van der Waals surface area contributed by atoms with E-state index in [4.69, 9.17) is 4.52 Å². The number of nitrogens with one attached hydrogen (secondary N) is 3. The van der Waals surface area contributed by atoms with Crippen molar-refractivity contribution in [2.75, 3.05) is 10.6 Å². The molecule has 0 saturated heterocycles. The van der Waals surface area contributed by atoms with Crippen LogP contribution in [0.25, 0.3) is 0 Å². The van der Waals surface area contributed by atoms with E-state index >= 15 is 0 Å². The van der Waals surface area contributed by atoms with Crippen LogP contribution in [0.2, 0.25) is 0 Å². The van der Waals surface area contributed by atoms with E-state index in [1.165, 1.54) is 0 Å². The second-order valence-corrected chi connectivity index (χ2v) is 5.98. The lowest BCUT2D eigenvalue weighted by atomic mass is 10.1. The number of aromatic nitrogens is 1. The van der Waals surface area contributed by atoms with Crippen molar-refractivity contribution in [3.05, 3.63) is 41.3 Å². The molecule has 0 radical (unpaired) electrons. The van der Waals surface area contributed by atoms with Crippen LogP contribution < -0.4 is 16.0 Å². The van der Waals surface area contributed by atoms with Crippen molar-refractivity contribution in [2.45, 2.75) is 39.2 Å². The summed E-state index contributed by atoms with van der Waals surface area (Å²) in [6.45, 7) is 3.60. The molecule has 1 heterocycles. The van der Waals surface area contributed by atoms with Crippen molar-refractivity contribution in [2.24, 2.45) is 0 Å². The van der Waals surface area contributed by atoms with E-state index in [9.17, 15) is 9.59 Å². The Kier molecular flexibility index (Phi) is 4.50. The minimum atomic E-state index is -0.201. The molecule has 0 bridgehead atoms. The molecule has 7 nitrogen and oxygen atoms in total. The normalized spacial score (nSPS) is 13.4. The number of rotatable bonds is 5. The predicted molar refractivity (Wildman–Crippen MR) is 89.9 cm³/mol. The number of urea groups is 1. The van der Waals surface area contributed by atoms with Crippen LogP contribution in [-0.2, 0) is 11.2 Å². The number of nitrogens with zero attached hydrogens (tertiary/aromatic N) is 1. The van der Waals surface area contributed by atoms with Gasteiger partial charge in [0.05, 0.1) is 12.1 Å². The third kappa shape index (κ3) is 4.13. The van der Waals surface area contributed by atoms with Crippen LogP contribution in [0.15, 0.2) is 28.8 Å². The molecule has 1 saturated carbocycles. The van der Waals surface area contributed by atoms with Crippen LogP contribution in [0.3, 0.4) is 0 Å². The van der Waals surface area contributed by atoms with Crippen LogP contribution in [0.5, 0.6) is 0 Å². The molecule has 7 heteroatoms. The van der Waals surface area contributed by atoms with Gasteiger partial charge in [0.1, 0.15) is 5.76 Å². The van der Waals surface area contributed by atoms with Crippen molar-refractivity contribution in [1.29, 1.82) is 0 Å². The average molecular weight is 328 g/mol. The molecule has 1 aromatic carbocycles. The summed E-state index contributed by atoms with van der Waals surface area (Å²) in [4.78, 5) is 23.8. The molecule has 3 rings (SSSR count).